The Hall–Kier alpha value is -0.760. The Bertz CT molecular complexity index is 381. The van der Waals surface area contributed by atoms with E-state index in [0.29, 0.717) is 6.04 Å². The smallest absolute Gasteiger partial charge is 0.106 e. The van der Waals surface area contributed by atoms with E-state index in [9.17, 15) is 0 Å². The lowest BCUT2D eigenvalue weighted by atomic mass is 9.96. The van der Waals surface area contributed by atoms with E-state index in [1.807, 2.05) is 0 Å². The summed E-state index contributed by atoms with van der Waals surface area (Å²) >= 11 is 0. The first-order valence-electron chi connectivity index (χ1n) is 8.35. The molecular weight excluding hydrogens is 246 g/mol. The topological polar surface area (TPSA) is 25.2 Å². The average molecular weight is 279 g/mol. The van der Waals surface area contributed by atoms with Crippen LogP contribution >= 0.6 is 0 Å². The predicted octanol–water partition coefficient (Wildman–Crippen LogP) is 5.61. The Balaban J connectivity index is 2.36. The molecule has 0 aliphatic rings. The van der Waals surface area contributed by atoms with E-state index in [1.54, 1.807) is 0 Å². The van der Waals surface area contributed by atoms with Gasteiger partial charge in [-0.2, -0.15) is 0 Å². The van der Waals surface area contributed by atoms with Crippen molar-refractivity contribution >= 4 is 0 Å². The Morgan fingerprint density at radius 1 is 0.900 bits per heavy atom. The summed E-state index contributed by atoms with van der Waals surface area (Å²) in [4.78, 5) is 0. The molecule has 1 aromatic heterocycles. The quantitative estimate of drug-likeness (QED) is 0.563. The fourth-order valence-corrected chi connectivity index (χ4v) is 3.06. The average Bonchev–Trinajstić information content (AvgIpc) is 2.68. The second-order valence-electron chi connectivity index (χ2n) is 6.00. The summed E-state index contributed by atoms with van der Waals surface area (Å²) in [5.41, 5.74) is 2.71. The second-order valence-corrected chi connectivity index (χ2v) is 6.00. The van der Waals surface area contributed by atoms with Gasteiger partial charge in [-0.15, -0.1) is 0 Å². The standard InChI is InChI=1S/C18H33NO/c1-6-7-8-9-10-11-12-13-17(19-5)18-14(2)15(3)20-16(18)4/h17,19H,6-13H2,1-5H3. The van der Waals surface area contributed by atoms with Crippen LogP contribution < -0.4 is 5.32 Å². The summed E-state index contributed by atoms with van der Waals surface area (Å²) in [5, 5.41) is 3.46. The molecule has 0 fully saturated rings. The molecule has 0 radical (unpaired) electrons. The van der Waals surface area contributed by atoms with Gasteiger partial charge in [0.1, 0.15) is 11.5 Å². The number of aryl methyl sites for hydroxylation is 2. The zero-order valence-corrected chi connectivity index (χ0v) is 14.1. The normalized spacial score (nSPS) is 12.8. The van der Waals surface area contributed by atoms with Crippen molar-refractivity contribution < 1.29 is 4.42 Å². The molecular formula is C18H33NO. The molecule has 0 amide bonds. The Labute approximate surface area is 125 Å². The van der Waals surface area contributed by atoms with E-state index >= 15 is 0 Å². The third kappa shape index (κ3) is 4.97. The molecule has 20 heavy (non-hydrogen) atoms. The van der Waals surface area contributed by atoms with Gasteiger partial charge >= 0.3 is 0 Å². The van der Waals surface area contributed by atoms with Crippen LogP contribution in [0, 0.1) is 20.8 Å². The molecule has 0 aliphatic carbocycles. The lowest BCUT2D eigenvalue weighted by Gasteiger charge is -2.17. The molecule has 1 heterocycles. The zero-order valence-electron chi connectivity index (χ0n) is 14.1. The van der Waals surface area contributed by atoms with Crippen molar-refractivity contribution in [1.82, 2.24) is 5.32 Å². The van der Waals surface area contributed by atoms with E-state index in [1.165, 1.54) is 62.5 Å². The van der Waals surface area contributed by atoms with E-state index in [0.717, 1.165) is 11.5 Å². The largest absolute Gasteiger partial charge is 0.466 e. The van der Waals surface area contributed by atoms with Gasteiger partial charge in [-0.3, -0.25) is 0 Å². The Kier molecular flexibility index (Phi) is 7.98. The molecule has 0 aromatic carbocycles. The molecule has 2 nitrogen and oxygen atoms in total. The second kappa shape index (κ2) is 9.23. The Morgan fingerprint density at radius 2 is 1.50 bits per heavy atom. The van der Waals surface area contributed by atoms with Gasteiger partial charge in [0, 0.05) is 11.6 Å². The van der Waals surface area contributed by atoms with Crippen LogP contribution in [0.5, 0.6) is 0 Å². The summed E-state index contributed by atoms with van der Waals surface area (Å²) in [6.45, 7) is 8.60. The van der Waals surface area contributed by atoms with E-state index in [-0.39, 0.29) is 0 Å². The van der Waals surface area contributed by atoms with Crippen molar-refractivity contribution in [3.05, 3.63) is 22.6 Å². The van der Waals surface area contributed by atoms with Crippen molar-refractivity contribution in [2.75, 3.05) is 7.05 Å². The first-order chi connectivity index (χ1) is 9.61. The van der Waals surface area contributed by atoms with Crippen LogP contribution in [0.4, 0.5) is 0 Å². The highest BCUT2D eigenvalue weighted by Gasteiger charge is 2.19. The molecule has 0 spiro atoms. The van der Waals surface area contributed by atoms with Gasteiger partial charge in [-0.1, -0.05) is 51.9 Å². The molecule has 1 unspecified atom stereocenters. The maximum absolute atomic E-state index is 5.76. The fourth-order valence-electron chi connectivity index (χ4n) is 3.06. The van der Waals surface area contributed by atoms with Gasteiger partial charge in [0.05, 0.1) is 0 Å². The van der Waals surface area contributed by atoms with Crippen molar-refractivity contribution in [3.63, 3.8) is 0 Å². The van der Waals surface area contributed by atoms with Crippen LogP contribution in [-0.4, -0.2) is 7.05 Å². The van der Waals surface area contributed by atoms with Crippen molar-refractivity contribution in [2.45, 2.75) is 85.1 Å². The summed E-state index contributed by atoms with van der Waals surface area (Å²) < 4.78 is 5.76. The third-order valence-corrected chi connectivity index (χ3v) is 4.41. The van der Waals surface area contributed by atoms with Crippen LogP contribution in [0.15, 0.2) is 4.42 Å². The van der Waals surface area contributed by atoms with E-state index in [2.05, 4.69) is 40.1 Å². The SMILES string of the molecule is CCCCCCCCCC(NC)c1c(C)oc(C)c1C. The maximum Gasteiger partial charge on any atom is 0.106 e. The summed E-state index contributed by atoms with van der Waals surface area (Å²) in [7, 11) is 2.06. The molecule has 0 saturated heterocycles. The van der Waals surface area contributed by atoms with Gasteiger partial charge in [-0.25, -0.2) is 0 Å². The highest BCUT2D eigenvalue weighted by molar-refractivity contribution is 5.34. The van der Waals surface area contributed by atoms with Gasteiger partial charge in [0.15, 0.2) is 0 Å². The van der Waals surface area contributed by atoms with Gasteiger partial charge in [0.2, 0.25) is 0 Å². The molecule has 2 heteroatoms. The number of hydrogen-bond donors (Lipinski definition) is 1. The molecule has 116 valence electrons. The number of rotatable bonds is 10. The number of unbranched alkanes of at least 4 members (excludes halogenated alkanes) is 6. The first kappa shape index (κ1) is 17.3. The molecule has 0 aliphatic heterocycles. The first-order valence-corrected chi connectivity index (χ1v) is 8.35. The monoisotopic (exact) mass is 279 g/mol. The van der Waals surface area contributed by atoms with Crippen LogP contribution in [0.2, 0.25) is 0 Å². The number of hydrogen-bond acceptors (Lipinski definition) is 2. The molecule has 1 aromatic rings. The summed E-state index contributed by atoms with van der Waals surface area (Å²) in [5.74, 6) is 2.15. The van der Waals surface area contributed by atoms with E-state index < -0.39 is 0 Å². The van der Waals surface area contributed by atoms with Crippen LogP contribution in [0.3, 0.4) is 0 Å². The van der Waals surface area contributed by atoms with Crippen LogP contribution in [-0.2, 0) is 0 Å². The fraction of sp³-hybridized carbons (Fsp3) is 0.778. The maximum atomic E-state index is 5.76. The highest BCUT2D eigenvalue weighted by Crippen LogP contribution is 2.30. The Morgan fingerprint density at radius 3 is 2.00 bits per heavy atom. The van der Waals surface area contributed by atoms with Gasteiger partial charge in [0.25, 0.3) is 0 Å². The lowest BCUT2D eigenvalue weighted by molar-refractivity contribution is 0.469. The minimum atomic E-state index is 0.447. The van der Waals surface area contributed by atoms with E-state index in [4.69, 9.17) is 4.42 Å². The van der Waals surface area contributed by atoms with Gasteiger partial charge in [-0.05, 0) is 39.8 Å². The predicted molar refractivity (Wildman–Crippen MR) is 87.3 cm³/mol. The number of furan rings is 1. The molecule has 1 N–H and O–H groups in total. The summed E-state index contributed by atoms with van der Waals surface area (Å²) in [6.07, 6.45) is 10.8. The van der Waals surface area contributed by atoms with Crippen LogP contribution in [0.1, 0.15) is 87.0 Å². The van der Waals surface area contributed by atoms with Crippen LogP contribution in [0.25, 0.3) is 0 Å². The molecule has 1 atom stereocenters. The van der Waals surface area contributed by atoms with Crippen molar-refractivity contribution in [3.8, 4) is 0 Å². The molecule has 1 rings (SSSR count). The molecule has 0 bridgehead atoms. The third-order valence-electron chi connectivity index (χ3n) is 4.41. The summed E-state index contributed by atoms with van der Waals surface area (Å²) in [6, 6.07) is 0.447. The number of nitrogens with one attached hydrogen (secondary N) is 1. The lowest BCUT2D eigenvalue weighted by Crippen LogP contribution is -2.17. The minimum absolute atomic E-state index is 0.447. The van der Waals surface area contributed by atoms with Crippen molar-refractivity contribution in [2.24, 2.45) is 0 Å². The van der Waals surface area contributed by atoms with Crippen molar-refractivity contribution in [1.29, 1.82) is 0 Å². The van der Waals surface area contributed by atoms with Gasteiger partial charge < -0.3 is 9.73 Å². The minimum Gasteiger partial charge on any atom is -0.466 e. The highest BCUT2D eigenvalue weighted by atomic mass is 16.3. The molecule has 0 saturated carbocycles. The zero-order chi connectivity index (χ0) is 15.0.